The number of imidazole rings is 2. The third-order valence-corrected chi connectivity index (χ3v) is 23.3. The Labute approximate surface area is 639 Å². The predicted octanol–water partition coefficient (Wildman–Crippen LogP) is 26.2. The fraction of sp³-hybridized carbons (Fsp3) is 0.0297. The molecule has 22 rings (SSSR count). The monoisotopic (exact) mass is 1420 g/mol. The largest absolute Gasteiger partial charge is 0.309 e. The predicted molar refractivity (Wildman–Crippen MR) is 457 cm³/mol. The lowest BCUT2D eigenvalue weighted by Crippen LogP contribution is -2.15. The van der Waals surface area contributed by atoms with Crippen molar-refractivity contribution in [2.75, 3.05) is 0 Å². The molecule has 0 unspecified atom stereocenters. The molecule has 0 radical (unpaired) electrons. The van der Waals surface area contributed by atoms with E-state index in [1.54, 1.807) is 17.5 Å². The Bertz CT molecular complexity index is 7030. The molecule has 0 fully saturated rings. The maximum Gasteiger partial charge on any atom is 0.234 e. The van der Waals surface area contributed by atoms with E-state index in [4.69, 9.17) is 15.0 Å². The highest BCUT2D eigenvalue weighted by atomic mass is 32.1. The van der Waals surface area contributed by atoms with Crippen molar-refractivity contribution in [3.63, 3.8) is 0 Å². The van der Waals surface area contributed by atoms with Crippen molar-refractivity contribution in [3.05, 3.63) is 388 Å². The smallest absolute Gasteiger partial charge is 0.234 e. The molecule has 518 valence electrons. The van der Waals surface area contributed by atoms with Crippen LogP contribution in [0.5, 0.6) is 0 Å². The summed E-state index contributed by atoms with van der Waals surface area (Å²) in [5, 5.41) is 8.31. The van der Waals surface area contributed by atoms with Crippen LogP contribution in [-0.2, 0) is 5.41 Å². The van der Waals surface area contributed by atoms with Crippen molar-refractivity contribution in [2.45, 2.75) is 19.3 Å². The number of hydrogen-bond acceptors (Lipinski definition) is 5. The summed E-state index contributed by atoms with van der Waals surface area (Å²) in [5.41, 5.74) is 31.4. The molecule has 1 aliphatic carbocycles. The van der Waals surface area contributed by atoms with Gasteiger partial charge in [0, 0.05) is 86.4 Å². The van der Waals surface area contributed by atoms with Gasteiger partial charge in [0.2, 0.25) is 5.78 Å². The van der Waals surface area contributed by atoms with Crippen LogP contribution in [0.4, 0.5) is 0 Å². The van der Waals surface area contributed by atoms with E-state index in [0.29, 0.717) is 5.78 Å². The fourth-order valence-electron chi connectivity index (χ4n) is 16.8. The minimum atomic E-state index is -0.101. The number of pyridine rings is 1. The number of nitrogens with zero attached hydrogens (tertiary/aromatic N) is 8. The van der Waals surface area contributed by atoms with E-state index in [2.05, 4.69) is 360 Å². The molecule has 0 atom stereocenters. The molecule has 9 heteroatoms. The second-order valence-corrected chi connectivity index (χ2v) is 30.1. The lowest BCUT2D eigenvalue weighted by molar-refractivity contribution is 0.660. The zero-order valence-electron chi connectivity index (χ0n) is 60.3. The van der Waals surface area contributed by atoms with Crippen LogP contribution in [-0.4, -0.2) is 37.9 Å². The average molecular weight is 1430 g/mol. The molecule has 14 aromatic carbocycles. The Kier molecular flexibility index (Phi) is 15.3. The minimum absolute atomic E-state index is 0.101. The molecular weight excluding hydrogens is 1360 g/mol. The Morgan fingerprint density at radius 3 is 1.40 bits per heavy atom. The highest BCUT2D eigenvalue weighted by molar-refractivity contribution is 7.21. The van der Waals surface area contributed by atoms with Gasteiger partial charge in [-0.3, -0.25) is 4.40 Å². The van der Waals surface area contributed by atoms with Gasteiger partial charge in [-0.05, 0) is 179 Å². The number of para-hydroxylation sites is 1. The van der Waals surface area contributed by atoms with Crippen molar-refractivity contribution >= 4 is 76.3 Å². The number of aromatic nitrogens is 8. The standard InChI is InChI=1S/C52H36N2S.C49H32N6/c1-52(2)44-18-10-9-17-41(44)42-28-27-40(32-45(42)52)54-47-31-38-26-25-37(33-21-23-36(24-22-33)51-53-46-19-11-12-20-48(46)55-51)29-39(38)30-43(47)49(34-13-5-3-6-14-34)50(54)35-15-7-4-8-16-35;1-3-10-36(11-4-1)47-42-29-40-28-38(33-15-17-34(18-16-33)44-32-54-27-9-25-50-49(54)52-44)19-20-39(40)30-45(42)55(48(47)37-12-5-2-6-13-37)41-23-21-35(22-24-41)43-31-53-26-8-7-14-46(53)51-43/h3-32H,1-2H3;1-32H. The molecule has 0 saturated carbocycles. The van der Waals surface area contributed by atoms with Crippen molar-refractivity contribution < 1.29 is 0 Å². The first-order valence-electron chi connectivity index (χ1n) is 37.4. The third-order valence-electron chi connectivity index (χ3n) is 22.2. The lowest BCUT2D eigenvalue weighted by atomic mass is 9.82. The summed E-state index contributed by atoms with van der Waals surface area (Å²) in [7, 11) is 0. The highest BCUT2D eigenvalue weighted by Crippen LogP contribution is 2.52. The zero-order valence-corrected chi connectivity index (χ0v) is 61.1. The molecule has 0 bridgehead atoms. The molecule has 0 aliphatic heterocycles. The average Bonchev–Trinajstić information content (AvgIpc) is 1.58. The van der Waals surface area contributed by atoms with Crippen LogP contribution in [0.25, 0.3) is 188 Å². The summed E-state index contributed by atoms with van der Waals surface area (Å²) in [6.07, 6.45) is 9.89. The third kappa shape index (κ3) is 11.0. The number of hydrogen-bond donors (Lipinski definition) is 0. The van der Waals surface area contributed by atoms with Gasteiger partial charge in [0.25, 0.3) is 0 Å². The molecule has 0 spiro atoms. The second-order valence-electron chi connectivity index (χ2n) is 29.1. The summed E-state index contributed by atoms with van der Waals surface area (Å²) < 4.78 is 10.2. The van der Waals surface area contributed by atoms with E-state index in [1.165, 1.54) is 121 Å². The first-order valence-corrected chi connectivity index (χ1v) is 38.2. The molecule has 7 aromatic heterocycles. The Morgan fingerprint density at radius 2 is 0.800 bits per heavy atom. The lowest BCUT2D eigenvalue weighted by Gasteiger charge is -2.22. The van der Waals surface area contributed by atoms with E-state index in [-0.39, 0.29) is 5.41 Å². The second kappa shape index (κ2) is 26.1. The molecule has 0 N–H and O–H groups in total. The summed E-state index contributed by atoms with van der Waals surface area (Å²) in [6, 6.07) is 125. The van der Waals surface area contributed by atoms with Crippen LogP contribution in [0, 0.1) is 0 Å². The van der Waals surface area contributed by atoms with Gasteiger partial charge in [-0.2, -0.15) is 0 Å². The van der Waals surface area contributed by atoms with Crippen LogP contribution in [0.2, 0.25) is 0 Å². The summed E-state index contributed by atoms with van der Waals surface area (Å²) in [6.45, 7) is 4.73. The number of thiazole rings is 1. The molecular formula is C101H68N8S. The van der Waals surface area contributed by atoms with Gasteiger partial charge in [0.15, 0.2) is 0 Å². The Hall–Kier alpha value is -14.1. The van der Waals surface area contributed by atoms with Crippen LogP contribution >= 0.6 is 11.3 Å². The maximum atomic E-state index is 4.89. The number of benzene rings is 14. The van der Waals surface area contributed by atoms with Gasteiger partial charge < -0.3 is 13.5 Å². The fourth-order valence-corrected chi connectivity index (χ4v) is 17.8. The Morgan fingerprint density at radius 1 is 0.318 bits per heavy atom. The maximum absolute atomic E-state index is 4.89. The molecule has 1 aliphatic rings. The summed E-state index contributed by atoms with van der Waals surface area (Å²) >= 11 is 1.74. The zero-order chi connectivity index (χ0) is 73.0. The summed E-state index contributed by atoms with van der Waals surface area (Å²) in [5.74, 6) is 0.696. The van der Waals surface area contributed by atoms with E-state index in [0.717, 1.165) is 72.3 Å². The van der Waals surface area contributed by atoms with Gasteiger partial charge in [-0.15, -0.1) is 11.3 Å². The van der Waals surface area contributed by atoms with Crippen LogP contribution in [0.15, 0.2) is 377 Å². The topological polar surface area (TPSA) is 70.2 Å². The molecule has 21 aromatic rings. The minimum Gasteiger partial charge on any atom is -0.309 e. The van der Waals surface area contributed by atoms with Crippen LogP contribution in [0.3, 0.4) is 0 Å². The normalized spacial score (nSPS) is 12.3. The number of fused-ring (bicyclic) bond motifs is 10. The first kappa shape index (κ1) is 64.3. The van der Waals surface area contributed by atoms with E-state index >= 15 is 0 Å². The van der Waals surface area contributed by atoms with Crippen LogP contribution in [0.1, 0.15) is 25.0 Å². The van der Waals surface area contributed by atoms with Crippen molar-refractivity contribution in [1.82, 2.24) is 37.9 Å². The summed E-state index contributed by atoms with van der Waals surface area (Å²) in [4.78, 5) is 18.9. The Balaban J connectivity index is 0.000000140. The highest BCUT2D eigenvalue weighted by Gasteiger charge is 2.36. The van der Waals surface area contributed by atoms with Gasteiger partial charge in [0.1, 0.15) is 10.7 Å². The van der Waals surface area contributed by atoms with Gasteiger partial charge >= 0.3 is 0 Å². The molecule has 0 saturated heterocycles. The van der Waals surface area contributed by atoms with E-state index in [9.17, 15) is 0 Å². The van der Waals surface area contributed by atoms with Crippen LogP contribution < -0.4 is 0 Å². The van der Waals surface area contributed by atoms with E-state index in [1.807, 2.05) is 47.3 Å². The van der Waals surface area contributed by atoms with Gasteiger partial charge in [-0.1, -0.05) is 269 Å². The van der Waals surface area contributed by atoms with Crippen molar-refractivity contribution in [2.24, 2.45) is 0 Å². The van der Waals surface area contributed by atoms with Gasteiger partial charge in [0.05, 0.1) is 44.0 Å². The number of rotatable bonds is 11. The SMILES string of the molecule is CC1(C)c2ccccc2-c2ccc(-n3c(-c4ccccc4)c(-c4ccccc4)c4cc5cc(-c6ccc(-c7nc8ccccc8s7)cc6)ccc5cc43)cc21.c1ccc(-c2c(-c3ccccc3)n(-c3ccc(-c4cn5ccccc5n4)cc3)c3cc4ccc(-c5ccc(-c6cn7cccnc7n6)cc5)cc4cc23)cc1. The molecule has 8 nitrogen and oxygen atoms in total. The van der Waals surface area contributed by atoms with Gasteiger partial charge in [-0.25, -0.2) is 19.9 Å². The van der Waals surface area contributed by atoms with Crippen molar-refractivity contribution in [1.29, 1.82) is 0 Å². The molecule has 7 heterocycles. The molecule has 0 amide bonds. The van der Waals surface area contributed by atoms with E-state index < -0.39 is 0 Å². The molecule has 110 heavy (non-hydrogen) atoms. The first-order chi connectivity index (χ1) is 54.2. The quantitative estimate of drug-likeness (QED) is 0.129. The van der Waals surface area contributed by atoms with Crippen molar-refractivity contribution in [3.8, 4) is 123 Å².